The number of hydrogen-bond donors (Lipinski definition) is 3. The molecule has 0 spiro atoms. The predicted molar refractivity (Wildman–Crippen MR) is 144 cm³/mol. The van der Waals surface area contributed by atoms with Crippen LogP contribution in [-0.2, 0) is 11.8 Å². The van der Waals surface area contributed by atoms with E-state index >= 15 is 0 Å². The first-order chi connectivity index (χ1) is 18.3. The predicted octanol–water partition coefficient (Wildman–Crippen LogP) is 3.73. The minimum Gasteiger partial charge on any atom is -0.477 e. The minimum absolute atomic E-state index is 0.0326. The number of aromatic carboxylic acids is 1. The maximum Gasteiger partial charge on any atom is 0.341 e. The number of benzene rings is 1. The lowest BCUT2D eigenvalue weighted by Gasteiger charge is -2.34. The highest BCUT2D eigenvalue weighted by Gasteiger charge is 2.26. The van der Waals surface area contributed by atoms with E-state index in [9.17, 15) is 19.1 Å². The number of carboxylic acid groups (broad SMARTS) is 1. The van der Waals surface area contributed by atoms with Crippen molar-refractivity contribution in [1.82, 2.24) is 19.5 Å². The molecule has 38 heavy (non-hydrogen) atoms. The fourth-order valence-corrected chi connectivity index (χ4v) is 5.33. The second-order valence-electron chi connectivity index (χ2n) is 9.51. The number of H-pyrrole nitrogens is 1. The zero-order valence-corrected chi connectivity index (χ0v) is 21.0. The first-order valence-corrected chi connectivity index (χ1v) is 12.2. The molecule has 1 aliphatic heterocycles. The van der Waals surface area contributed by atoms with E-state index in [0.717, 1.165) is 16.6 Å². The Balaban J connectivity index is 1.69. The summed E-state index contributed by atoms with van der Waals surface area (Å²) in [5, 5.41) is 14.2. The van der Waals surface area contributed by atoms with E-state index in [2.05, 4.69) is 25.2 Å². The number of nitrogens with zero attached hydrogens (tertiary/aromatic N) is 4. The number of aryl methyl sites for hydroxylation is 1. The van der Waals surface area contributed by atoms with Gasteiger partial charge in [0.15, 0.2) is 0 Å². The third-order valence-electron chi connectivity index (χ3n) is 7.05. The first kappa shape index (κ1) is 23.9. The highest BCUT2D eigenvalue weighted by molar-refractivity contribution is 6.17. The topological polar surface area (TPSA) is 125 Å². The standard InChI is InChI=1S/C27H25FN6O4/c1-13-11-34(4-5-38-13)23-18(10-30-25-21(23)16-7-15(28)8-20(29-2)22(16)32-25)14-6-17-24(35)19(27(36)37)12-33(3)26(17)31-9-14/h6-10,12-13,29H,4-5,11H2,1-3H3,(H,30,32)(H,36,37)/t13-/m0/s1. The molecule has 0 radical (unpaired) electrons. The highest BCUT2D eigenvalue weighted by atomic mass is 19.1. The molecule has 10 nitrogen and oxygen atoms in total. The van der Waals surface area contributed by atoms with Gasteiger partial charge in [-0.05, 0) is 25.1 Å². The van der Waals surface area contributed by atoms with Gasteiger partial charge in [-0.1, -0.05) is 0 Å². The second kappa shape index (κ2) is 8.80. The number of rotatable bonds is 4. The second-order valence-corrected chi connectivity index (χ2v) is 9.51. The summed E-state index contributed by atoms with van der Waals surface area (Å²) in [6.45, 7) is 3.70. The Morgan fingerprint density at radius 3 is 2.79 bits per heavy atom. The van der Waals surface area contributed by atoms with E-state index in [1.807, 2.05) is 6.92 Å². The summed E-state index contributed by atoms with van der Waals surface area (Å²) in [6, 6.07) is 4.57. The number of aromatic amines is 1. The van der Waals surface area contributed by atoms with Crippen LogP contribution in [-0.4, -0.2) is 63.4 Å². The Labute approximate surface area is 215 Å². The van der Waals surface area contributed by atoms with Crippen molar-refractivity contribution in [2.75, 3.05) is 37.0 Å². The molecule has 1 saturated heterocycles. The molecule has 0 aliphatic carbocycles. The summed E-state index contributed by atoms with van der Waals surface area (Å²) in [5.41, 5.74) is 3.47. The van der Waals surface area contributed by atoms with Gasteiger partial charge in [-0.2, -0.15) is 0 Å². The molecule has 1 atom stereocenters. The molecule has 11 heteroatoms. The quantitative estimate of drug-likeness (QED) is 0.330. The van der Waals surface area contributed by atoms with Crippen LogP contribution in [0.3, 0.4) is 0 Å². The van der Waals surface area contributed by atoms with E-state index in [4.69, 9.17) is 4.74 Å². The van der Waals surface area contributed by atoms with E-state index in [1.54, 1.807) is 32.6 Å². The Morgan fingerprint density at radius 1 is 1.24 bits per heavy atom. The number of pyridine rings is 3. The molecule has 0 saturated carbocycles. The number of carboxylic acids is 1. The lowest BCUT2D eigenvalue weighted by molar-refractivity contribution is 0.0533. The van der Waals surface area contributed by atoms with Gasteiger partial charge in [0, 0.05) is 62.3 Å². The van der Waals surface area contributed by atoms with Crippen LogP contribution in [0.15, 0.2) is 41.6 Å². The van der Waals surface area contributed by atoms with Crippen molar-refractivity contribution in [3.63, 3.8) is 0 Å². The van der Waals surface area contributed by atoms with Crippen LogP contribution in [0, 0.1) is 5.82 Å². The van der Waals surface area contributed by atoms with Crippen LogP contribution in [0.1, 0.15) is 17.3 Å². The molecule has 1 aromatic carbocycles. The Hall–Kier alpha value is -4.51. The van der Waals surface area contributed by atoms with Gasteiger partial charge in [0.2, 0.25) is 5.43 Å². The smallest absolute Gasteiger partial charge is 0.341 e. The average molecular weight is 517 g/mol. The van der Waals surface area contributed by atoms with Crippen molar-refractivity contribution in [2.45, 2.75) is 13.0 Å². The maximum absolute atomic E-state index is 14.7. The van der Waals surface area contributed by atoms with Crippen LogP contribution < -0.4 is 15.6 Å². The molecule has 194 valence electrons. The van der Waals surface area contributed by atoms with Gasteiger partial charge in [-0.15, -0.1) is 0 Å². The Morgan fingerprint density at radius 2 is 2.05 bits per heavy atom. The van der Waals surface area contributed by atoms with Crippen LogP contribution in [0.2, 0.25) is 0 Å². The fourth-order valence-electron chi connectivity index (χ4n) is 5.33. The van der Waals surface area contributed by atoms with Crippen LogP contribution in [0.25, 0.3) is 44.1 Å². The number of morpholine rings is 1. The summed E-state index contributed by atoms with van der Waals surface area (Å²) < 4.78 is 22.0. The molecule has 5 aromatic rings. The van der Waals surface area contributed by atoms with E-state index < -0.39 is 11.4 Å². The van der Waals surface area contributed by atoms with Crippen LogP contribution in [0.4, 0.5) is 15.8 Å². The molecule has 1 aliphatic rings. The average Bonchev–Trinajstić information content (AvgIpc) is 3.27. The van der Waals surface area contributed by atoms with Gasteiger partial charge < -0.3 is 29.6 Å². The van der Waals surface area contributed by atoms with Gasteiger partial charge >= 0.3 is 5.97 Å². The molecule has 0 unspecified atom stereocenters. The number of anilines is 2. The molecule has 4 aromatic heterocycles. The minimum atomic E-state index is -1.30. The van der Waals surface area contributed by atoms with Crippen molar-refractivity contribution in [3.05, 3.63) is 58.4 Å². The highest BCUT2D eigenvalue weighted by Crippen LogP contribution is 2.42. The first-order valence-electron chi connectivity index (χ1n) is 12.2. The van der Waals surface area contributed by atoms with Crippen LogP contribution in [0.5, 0.6) is 0 Å². The van der Waals surface area contributed by atoms with Crippen molar-refractivity contribution < 1.29 is 19.0 Å². The van der Waals surface area contributed by atoms with Crippen LogP contribution >= 0.6 is 0 Å². The molecular formula is C27H25FN6O4. The van der Waals surface area contributed by atoms with Gasteiger partial charge in [0.05, 0.1) is 40.4 Å². The Kier molecular flexibility index (Phi) is 5.53. The number of ether oxygens (including phenoxy) is 1. The van der Waals surface area contributed by atoms with Gasteiger partial charge in [-0.25, -0.2) is 19.2 Å². The molecule has 1 fully saturated rings. The summed E-state index contributed by atoms with van der Waals surface area (Å²) in [4.78, 5) is 39.4. The van der Waals surface area contributed by atoms with E-state index in [1.165, 1.54) is 22.9 Å². The normalized spacial score (nSPS) is 16.0. The molecule has 0 amide bonds. The number of carbonyl (C=O) groups is 1. The monoisotopic (exact) mass is 516 g/mol. The van der Waals surface area contributed by atoms with Crippen molar-refractivity contribution in [1.29, 1.82) is 0 Å². The summed E-state index contributed by atoms with van der Waals surface area (Å²) in [5.74, 6) is -1.68. The van der Waals surface area contributed by atoms with Crippen molar-refractivity contribution >= 4 is 50.3 Å². The molecule has 5 heterocycles. The van der Waals surface area contributed by atoms with Crippen molar-refractivity contribution in [3.8, 4) is 11.1 Å². The van der Waals surface area contributed by atoms with E-state index in [-0.39, 0.29) is 22.9 Å². The third kappa shape index (κ3) is 3.66. The zero-order chi connectivity index (χ0) is 26.7. The fraction of sp³-hybridized carbons (Fsp3) is 0.259. The summed E-state index contributed by atoms with van der Waals surface area (Å²) in [7, 11) is 3.38. The number of hydrogen-bond acceptors (Lipinski definition) is 7. The maximum atomic E-state index is 14.7. The number of fused-ring (bicyclic) bond motifs is 4. The molecule has 6 rings (SSSR count). The molecule has 3 N–H and O–H groups in total. The van der Waals surface area contributed by atoms with E-state index in [0.29, 0.717) is 53.2 Å². The van der Waals surface area contributed by atoms with Gasteiger partial charge in [-0.3, -0.25) is 4.79 Å². The SMILES string of the molecule is CNc1cc(F)cc2c1[nH]c1ncc(-c3cnc4c(c3)c(=O)c(C(=O)O)cn4C)c(N3CCO[C@@H](C)C3)c12. The number of halogens is 1. The number of nitrogens with one attached hydrogen (secondary N) is 2. The Bertz CT molecular complexity index is 1830. The molecule has 0 bridgehead atoms. The van der Waals surface area contributed by atoms with Gasteiger partial charge in [0.25, 0.3) is 0 Å². The lowest BCUT2D eigenvalue weighted by atomic mass is 10.0. The zero-order valence-electron chi connectivity index (χ0n) is 21.0. The van der Waals surface area contributed by atoms with Crippen molar-refractivity contribution in [2.24, 2.45) is 7.05 Å². The lowest BCUT2D eigenvalue weighted by Crippen LogP contribution is -2.41. The summed E-state index contributed by atoms with van der Waals surface area (Å²) >= 11 is 0. The number of aromatic nitrogens is 4. The third-order valence-corrected chi connectivity index (χ3v) is 7.05. The molecular weight excluding hydrogens is 491 g/mol. The van der Waals surface area contributed by atoms with Gasteiger partial charge in [0.1, 0.15) is 22.7 Å². The largest absolute Gasteiger partial charge is 0.477 e. The summed E-state index contributed by atoms with van der Waals surface area (Å²) in [6.07, 6.45) is 4.59.